The third-order valence-corrected chi connectivity index (χ3v) is 6.90. The molecule has 1 aliphatic carbocycles. The van der Waals surface area contributed by atoms with Gasteiger partial charge in [-0.05, 0) is 55.5 Å². The first kappa shape index (κ1) is 21.3. The summed E-state index contributed by atoms with van der Waals surface area (Å²) in [6.45, 7) is 0.0991. The standard InChI is InChI=1S/C22H28N2O4S/c1-24(29(26,27)21-10-6-3-7-11-21)17-22(25)23-16-18-12-14-20(15-13-18)28-19-8-4-2-5-9-19/h3,6-7,10-15,19H,2,4-5,8-9,16-17H2,1H3,(H,23,25). The minimum atomic E-state index is -3.68. The third kappa shape index (κ3) is 6.05. The van der Waals surface area contributed by atoms with Gasteiger partial charge in [0, 0.05) is 13.6 Å². The summed E-state index contributed by atoms with van der Waals surface area (Å²) in [7, 11) is -2.28. The highest BCUT2D eigenvalue weighted by Crippen LogP contribution is 2.23. The van der Waals surface area contributed by atoms with Crippen LogP contribution in [0.1, 0.15) is 37.7 Å². The van der Waals surface area contributed by atoms with E-state index in [4.69, 9.17) is 4.74 Å². The van der Waals surface area contributed by atoms with Crippen LogP contribution in [0.5, 0.6) is 5.75 Å². The van der Waals surface area contributed by atoms with Gasteiger partial charge in [0.15, 0.2) is 0 Å². The van der Waals surface area contributed by atoms with E-state index in [9.17, 15) is 13.2 Å². The number of hydrogen-bond donors (Lipinski definition) is 1. The van der Waals surface area contributed by atoms with Gasteiger partial charge in [-0.1, -0.05) is 36.8 Å². The molecule has 1 saturated carbocycles. The number of carbonyl (C=O) groups excluding carboxylic acids is 1. The molecule has 1 aliphatic rings. The summed E-state index contributed by atoms with van der Waals surface area (Å²) in [5.41, 5.74) is 0.933. The minimum absolute atomic E-state index is 0.170. The summed E-state index contributed by atoms with van der Waals surface area (Å²) < 4.78 is 32.0. The molecule has 0 atom stereocenters. The number of carbonyl (C=O) groups is 1. The van der Waals surface area contributed by atoms with Gasteiger partial charge in [-0.3, -0.25) is 4.79 Å². The molecule has 6 nitrogen and oxygen atoms in total. The fourth-order valence-electron chi connectivity index (χ4n) is 3.38. The summed E-state index contributed by atoms with van der Waals surface area (Å²) >= 11 is 0. The van der Waals surface area contributed by atoms with Crippen molar-refractivity contribution < 1.29 is 17.9 Å². The first-order chi connectivity index (χ1) is 13.9. The van der Waals surface area contributed by atoms with Crippen molar-refractivity contribution in [1.82, 2.24) is 9.62 Å². The lowest BCUT2D eigenvalue weighted by Gasteiger charge is -2.23. The van der Waals surface area contributed by atoms with Crippen molar-refractivity contribution in [3.63, 3.8) is 0 Å². The molecule has 1 fully saturated rings. The topological polar surface area (TPSA) is 75.7 Å². The number of hydrogen-bond acceptors (Lipinski definition) is 4. The SMILES string of the molecule is CN(CC(=O)NCc1ccc(OC2CCCCC2)cc1)S(=O)(=O)c1ccccc1. The van der Waals surface area contributed by atoms with E-state index in [1.807, 2.05) is 24.3 Å². The Morgan fingerprint density at radius 3 is 2.34 bits per heavy atom. The van der Waals surface area contributed by atoms with Crippen molar-refractivity contribution in [2.24, 2.45) is 0 Å². The molecule has 7 heteroatoms. The summed E-state index contributed by atoms with van der Waals surface area (Å²) in [6.07, 6.45) is 6.26. The van der Waals surface area contributed by atoms with E-state index in [2.05, 4.69) is 5.32 Å². The number of amides is 1. The van der Waals surface area contributed by atoms with Crippen LogP contribution < -0.4 is 10.1 Å². The zero-order chi connectivity index (χ0) is 20.7. The molecule has 0 aromatic heterocycles. The molecule has 0 unspecified atom stereocenters. The van der Waals surface area contributed by atoms with Crippen LogP contribution in [-0.4, -0.2) is 38.3 Å². The van der Waals surface area contributed by atoms with Gasteiger partial charge in [-0.15, -0.1) is 0 Å². The summed E-state index contributed by atoms with van der Waals surface area (Å²) in [5.74, 6) is 0.496. The van der Waals surface area contributed by atoms with Crippen LogP contribution in [0.4, 0.5) is 0 Å². The number of sulfonamides is 1. The molecule has 0 spiro atoms. The number of likely N-dealkylation sites (N-methyl/N-ethyl adjacent to an activating group) is 1. The lowest BCUT2D eigenvalue weighted by Crippen LogP contribution is -2.38. The maximum absolute atomic E-state index is 12.5. The second-order valence-electron chi connectivity index (χ2n) is 7.37. The Morgan fingerprint density at radius 2 is 1.69 bits per heavy atom. The van der Waals surface area contributed by atoms with Gasteiger partial charge < -0.3 is 10.1 Å². The van der Waals surface area contributed by atoms with Gasteiger partial charge in [0.2, 0.25) is 15.9 Å². The van der Waals surface area contributed by atoms with E-state index >= 15 is 0 Å². The fraction of sp³-hybridized carbons (Fsp3) is 0.409. The molecule has 29 heavy (non-hydrogen) atoms. The van der Waals surface area contributed by atoms with E-state index < -0.39 is 10.0 Å². The Kier molecular flexibility index (Phi) is 7.28. The smallest absolute Gasteiger partial charge is 0.243 e. The molecule has 0 saturated heterocycles. The van der Waals surface area contributed by atoms with Crippen molar-refractivity contribution in [2.75, 3.05) is 13.6 Å². The Balaban J connectivity index is 1.47. The van der Waals surface area contributed by atoms with E-state index in [1.165, 1.54) is 38.4 Å². The molecule has 1 N–H and O–H groups in total. The number of rotatable bonds is 8. The van der Waals surface area contributed by atoms with Crippen molar-refractivity contribution in [2.45, 2.75) is 49.6 Å². The lowest BCUT2D eigenvalue weighted by atomic mass is 9.98. The highest BCUT2D eigenvalue weighted by molar-refractivity contribution is 7.89. The van der Waals surface area contributed by atoms with Crippen molar-refractivity contribution in [3.05, 3.63) is 60.2 Å². The molecule has 0 aliphatic heterocycles. The van der Waals surface area contributed by atoms with Crippen molar-refractivity contribution >= 4 is 15.9 Å². The molecule has 0 radical (unpaired) electrons. The average molecular weight is 417 g/mol. The van der Waals surface area contributed by atoms with Crippen LogP contribution in [0.3, 0.4) is 0 Å². The number of nitrogens with zero attached hydrogens (tertiary/aromatic N) is 1. The summed E-state index contributed by atoms with van der Waals surface area (Å²) in [4.78, 5) is 12.4. The van der Waals surface area contributed by atoms with Gasteiger partial charge in [0.25, 0.3) is 0 Å². The molecule has 0 heterocycles. The zero-order valence-electron chi connectivity index (χ0n) is 16.7. The summed E-state index contributed by atoms with van der Waals surface area (Å²) in [5, 5.41) is 2.77. The predicted octanol–water partition coefficient (Wildman–Crippen LogP) is 3.34. The molecule has 0 bridgehead atoms. The highest BCUT2D eigenvalue weighted by Gasteiger charge is 2.22. The zero-order valence-corrected chi connectivity index (χ0v) is 17.5. The van der Waals surface area contributed by atoms with Crippen LogP contribution in [-0.2, 0) is 21.4 Å². The number of benzene rings is 2. The fourth-order valence-corrected chi connectivity index (χ4v) is 4.53. The van der Waals surface area contributed by atoms with Gasteiger partial charge >= 0.3 is 0 Å². The largest absolute Gasteiger partial charge is 0.490 e. The van der Waals surface area contributed by atoms with Gasteiger partial charge in [0.1, 0.15) is 5.75 Å². The van der Waals surface area contributed by atoms with E-state index in [0.717, 1.165) is 28.5 Å². The second-order valence-corrected chi connectivity index (χ2v) is 9.42. The van der Waals surface area contributed by atoms with Crippen LogP contribution in [0.15, 0.2) is 59.5 Å². The quantitative estimate of drug-likeness (QED) is 0.716. The van der Waals surface area contributed by atoms with Crippen LogP contribution in [0.25, 0.3) is 0 Å². The highest BCUT2D eigenvalue weighted by atomic mass is 32.2. The van der Waals surface area contributed by atoms with E-state index in [0.29, 0.717) is 12.6 Å². The van der Waals surface area contributed by atoms with E-state index in [1.54, 1.807) is 18.2 Å². The molecular formula is C22H28N2O4S. The monoisotopic (exact) mass is 416 g/mol. The molecule has 1 amide bonds. The molecule has 2 aromatic rings. The van der Waals surface area contributed by atoms with Gasteiger partial charge in [0.05, 0.1) is 17.5 Å². The van der Waals surface area contributed by atoms with Crippen molar-refractivity contribution in [3.8, 4) is 5.75 Å². The number of ether oxygens (including phenoxy) is 1. The maximum Gasteiger partial charge on any atom is 0.243 e. The first-order valence-electron chi connectivity index (χ1n) is 9.99. The predicted molar refractivity (Wildman–Crippen MR) is 112 cm³/mol. The van der Waals surface area contributed by atoms with Crippen molar-refractivity contribution in [1.29, 1.82) is 0 Å². The number of nitrogens with one attached hydrogen (secondary N) is 1. The average Bonchev–Trinajstić information content (AvgIpc) is 2.74. The Labute approximate surface area is 172 Å². The normalized spacial score (nSPS) is 15.2. The van der Waals surface area contributed by atoms with Crippen LogP contribution in [0, 0.1) is 0 Å². The maximum atomic E-state index is 12.5. The lowest BCUT2D eigenvalue weighted by molar-refractivity contribution is -0.121. The Morgan fingerprint density at radius 1 is 1.03 bits per heavy atom. The minimum Gasteiger partial charge on any atom is -0.490 e. The molecule has 156 valence electrons. The third-order valence-electron chi connectivity index (χ3n) is 5.09. The molecular weight excluding hydrogens is 388 g/mol. The van der Waals surface area contributed by atoms with Crippen LogP contribution in [0.2, 0.25) is 0 Å². The van der Waals surface area contributed by atoms with Gasteiger partial charge in [-0.25, -0.2) is 8.42 Å². The summed E-state index contributed by atoms with van der Waals surface area (Å²) in [6, 6.07) is 15.8. The molecule has 2 aromatic carbocycles. The van der Waals surface area contributed by atoms with E-state index in [-0.39, 0.29) is 17.3 Å². The first-order valence-corrected chi connectivity index (χ1v) is 11.4. The Hall–Kier alpha value is -2.38. The molecule has 3 rings (SSSR count). The van der Waals surface area contributed by atoms with Crippen LogP contribution >= 0.6 is 0 Å². The van der Waals surface area contributed by atoms with Gasteiger partial charge in [-0.2, -0.15) is 4.31 Å². The Bertz CT molecular complexity index is 892. The second kappa shape index (κ2) is 9.89.